The fraction of sp³-hybridized carbons (Fsp3) is 0.381. The first-order chi connectivity index (χ1) is 13.2. The molecular formula is C21H25FN2O3. The maximum Gasteiger partial charge on any atom is 0.166 e. The second-order valence-corrected chi connectivity index (χ2v) is 6.34. The van der Waals surface area contributed by atoms with Crippen molar-refractivity contribution in [2.45, 2.75) is 13.0 Å². The average Bonchev–Trinajstić information content (AvgIpc) is 2.69. The van der Waals surface area contributed by atoms with E-state index >= 15 is 0 Å². The number of rotatable bonds is 7. The fourth-order valence-corrected chi connectivity index (χ4v) is 3.20. The van der Waals surface area contributed by atoms with E-state index in [2.05, 4.69) is 9.89 Å². The van der Waals surface area contributed by atoms with Crippen LogP contribution in [0.15, 0.2) is 47.5 Å². The summed E-state index contributed by atoms with van der Waals surface area (Å²) in [5.41, 5.74) is 1.49. The van der Waals surface area contributed by atoms with Crippen LogP contribution in [0.25, 0.3) is 0 Å². The normalized spacial score (nSPS) is 16.5. The quantitative estimate of drug-likeness (QED) is 0.757. The van der Waals surface area contributed by atoms with Crippen molar-refractivity contribution in [2.24, 2.45) is 4.99 Å². The summed E-state index contributed by atoms with van der Waals surface area (Å²) in [6, 6.07) is 11.9. The van der Waals surface area contributed by atoms with Crippen molar-refractivity contribution in [2.75, 3.05) is 39.5 Å². The summed E-state index contributed by atoms with van der Waals surface area (Å²) >= 11 is 0. The second kappa shape index (κ2) is 9.48. The minimum atomic E-state index is -0.253. The molecule has 0 spiro atoms. The Morgan fingerprint density at radius 2 is 2.04 bits per heavy atom. The van der Waals surface area contributed by atoms with E-state index in [0.29, 0.717) is 37.7 Å². The Bertz CT molecular complexity index is 776. The van der Waals surface area contributed by atoms with Crippen molar-refractivity contribution < 1.29 is 19.0 Å². The fourth-order valence-electron chi connectivity index (χ4n) is 3.20. The molecule has 1 aliphatic rings. The third-order valence-electron chi connectivity index (χ3n) is 4.56. The molecule has 0 amide bonds. The molecule has 144 valence electrons. The number of phenolic OH excluding ortho intramolecular Hbond substituents is 1. The van der Waals surface area contributed by atoms with Gasteiger partial charge in [-0.25, -0.2) is 4.39 Å². The number of nitrogens with zero attached hydrogens (tertiary/aromatic N) is 2. The highest BCUT2D eigenvalue weighted by Gasteiger charge is 2.22. The first-order valence-corrected chi connectivity index (χ1v) is 9.21. The summed E-state index contributed by atoms with van der Waals surface area (Å²) in [5.74, 6) is 0.268. The summed E-state index contributed by atoms with van der Waals surface area (Å²) < 4.78 is 24.6. The van der Waals surface area contributed by atoms with Crippen LogP contribution < -0.4 is 4.74 Å². The van der Waals surface area contributed by atoms with Crippen LogP contribution in [-0.4, -0.2) is 55.7 Å². The Balaban J connectivity index is 1.78. The highest BCUT2D eigenvalue weighted by molar-refractivity contribution is 5.84. The molecule has 27 heavy (non-hydrogen) atoms. The zero-order valence-electron chi connectivity index (χ0n) is 15.5. The third-order valence-corrected chi connectivity index (χ3v) is 4.56. The Morgan fingerprint density at radius 1 is 1.26 bits per heavy atom. The molecule has 1 unspecified atom stereocenters. The zero-order chi connectivity index (χ0) is 19.1. The number of aliphatic imine (C=N–C) groups is 1. The van der Waals surface area contributed by atoms with Gasteiger partial charge in [-0.05, 0) is 36.8 Å². The van der Waals surface area contributed by atoms with Crippen molar-refractivity contribution in [3.63, 3.8) is 0 Å². The van der Waals surface area contributed by atoms with Crippen LogP contribution >= 0.6 is 0 Å². The van der Waals surface area contributed by atoms with E-state index < -0.39 is 0 Å². The van der Waals surface area contributed by atoms with Gasteiger partial charge in [-0.2, -0.15) is 0 Å². The summed E-state index contributed by atoms with van der Waals surface area (Å²) in [7, 11) is 0. The van der Waals surface area contributed by atoms with Crippen LogP contribution in [0.2, 0.25) is 0 Å². The second-order valence-electron chi connectivity index (χ2n) is 6.34. The molecule has 5 nitrogen and oxygen atoms in total. The third kappa shape index (κ3) is 5.05. The Hall–Kier alpha value is -2.44. The number of morpholine rings is 1. The van der Waals surface area contributed by atoms with Crippen LogP contribution in [0.3, 0.4) is 0 Å². The van der Waals surface area contributed by atoms with Gasteiger partial charge in [0.1, 0.15) is 5.82 Å². The van der Waals surface area contributed by atoms with Gasteiger partial charge < -0.3 is 14.6 Å². The Kier molecular flexibility index (Phi) is 6.79. The van der Waals surface area contributed by atoms with Gasteiger partial charge in [-0.15, -0.1) is 0 Å². The van der Waals surface area contributed by atoms with Gasteiger partial charge in [-0.3, -0.25) is 9.89 Å². The minimum Gasteiger partial charge on any atom is -0.504 e. The lowest BCUT2D eigenvalue weighted by Gasteiger charge is -2.34. The van der Waals surface area contributed by atoms with Gasteiger partial charge in [0.15, 0.2) is 11.5 Å². The SMILES string of the molecule is CCOc1cccc(C=NCC(c2cccc(F)c2)N2CCOCC2)c1O. The summed E-state index contributed by atoms with van der Waals surface area (Å²) in [6.45, 7) is 5.68. The van der Waals surface area contributed by atoms with E-state index in [1.165, 1.54) is 6.07 Å². The van der Waals surface area contributed by atoms with Crippen LogP contribution in [-0.2, 0) is 4.74 Å². The summed E-state index contributed by atoms with van der Waals surface area (Å²) in [4.78, 5) is 6.80. The van der Waals surface area contributed by atoms with Gasteiger partial charge >= 0.3 is 0 Å². The molecule has 3 rings (SSSR count). The molecule has 0 bridgehead atoms. The average molecular weight is 372 g/mol. The van der Waals surface area contributed by atoms with Crippen LogP contribution in [0.5, 0.6) is 11.5 Å². The Morgan fingerprint density at radius 3 is 2.78 bits per heavy atom. The molecule has 1 N–H and O–H groups in total. The number of benzene rings is 2. The molecule has 1 atom stereocenters. The first kappa shape index (κ1) is 19.3. The minimum absolute atomic E-state index is 0.0435. The van der Waals surface area contributed by atoms with E-state index in [0.717, 1.165) is 18.7 Å². The van der Waals surface area contributed by atoms with Crippen LogP contribution in [0.1, 0.15) is 24.1 Å². The molecule has 1 aliphatic heterocycles. The van der Waals surface area contributed by atoms with E-state index in [1.807, 2.05) is 19.1 Å². The maximum absolute atomic E-state index is 13.7. The van der Waals surface area contributed by atoms with E-state index in [1.54, 1.807) is 30.5 Å². The molecular weight excluding hydrogens is 347 g/mol. The van der Waals surface area contributed by atoms with Gasteiger partial charge in [0.2, 0.25) is 0 Å². The number of hydrogen-bond donors (Lipinski definition) is 1. The van der Waals surface area contributed by atoms with Gasteiger partial charge in [0.25, 0.3) is 0 Å². The van der Waals surface area contributed by atoms with E-state index in [9.17, 15) is 9.50 Å². The molecule has 0 saturated carbocycles. The standard InChI is InChI=1S/C21H25FN2O3/c1-2-27-20-8-4-6-17(21(20)25)14-23-15-19(24-9-11-26-12-10-24)16-5-3-7-18(22)13-16/h3-8,13-14,19,25H,2,9-12,15H2,1H3. The van der Waals surface area contributed by atoms with Crippen molar-refractivity contribution in [3.8, 4) is 11.5 Å². The van der Waals surface area contributed by atoms with E-state index in [4.69, 9.17) is 9.47 Å². The monoisotopic (exact) mass is 372 g/mol. The molecule has 1 heterocycles. The first-order valence-electron chi connectivity index (χ1n) is 9.21. The summed E-state index contributed by atoms with van der Waals surface area (Å²) in [5, 5.41) is 10.3. The zero-order valence-corrected chi connectivity index (χ0v) is 15.5. The predicted molar refractivity (Wildman–Crippen MR) is 103 cm³/mol. The van der Waals surface area contributed by atoms with Gasteiger partial charge in [0.05, 0.1) is 32.4 Å². The molecule has 0 radical (unpaired) electrons. The maximum atomic E-state index is 13.7. The lowest BCUT2D eigenvalue weighted by Crippen LogP contribution is -2.40. The van der Waals surface area contributed by atoms with Crippen molar-refractivity contribution in [1.29, 1.82) is 0 Å². The van der Waals surface area contributed by atoms with E-state index in [-0.39, 0.29) is 17.6 Å². The molecule has 2 aromatic rings. The number of hydrogen-bond acceptors (Lipinski definition) is 5. The lowest BCUT2D eigenvalue weighted by molar-refractivity contribution is 0.0179. The van der Waals surface area contributed by atoms with Crippen LogP contribution in [0, 0.1) is 5.82 Å². The smallest absolute Gasteiger partial charge is 0.166 e. The van der Waals surface area contributed by atoms with Crippen LogP contribution in [0.4, 0.5) is 4.39 Å². The van der Waals surface area contributed by atoms with Gasteiger partial charge in [-0.1, -0.05) is 18.2 Å². The molecule has 1 fully saturated rings. The van der Waals surface area contributed by atoms with Gasteiger partial charge in [0, 0.05) is 24.9 Å². The largest absolute Gasteiger partial charge is 0.504 e. The molecule has 1 saturated heterocycles. The topological polar surface area (TPSA) is 54.3 Å². The predicted octanol–water partition coefficient (Wildman–Crippen LogP) is 3.42. The highest BCUT2D eigenvalue weighted by atomic mass is 19.1. The van der Waals surface area contributed by atoms with Crippen molar-refractivity contribution in [3.05, 3.63) is 59.4 Å². The van der Waals surface area contributed by atoms with Crippen molar-refractivity contribution in [1.82, 2.24) is 4.90 Å². The highest BCUT2D eigenvalue weighted by Crippen LogP contribution is 2.29. The number of phenols is 1. The number of aromatic hydroxyl groups is 1. The Labute approximate surface area is 159 Å². The van der Waals surface area contributed by atoms with Crippen molar-refractivity contribution >= 4 is 6.21 Å². The molecule has 2 aromatic carbocycles. The lowest BCUT2D eigenvalue weighted by atomic mass is 10.0. The number of halogens is 1. The number of ether oxygens (including phenoxy) is 2. The summed E-state index contributed by atoms with van der Waals surface area (Å²) in [6.07, 6.45) is 1.64. The molecule has 0 aliphatic carbocycles. The molecule has 6 heteroatoms. The molecule has 0 aromatic heterocycles. The number of para-hydroxylation sites is 1.